The minimum Gasteiger partial charge on any atom is -0.293 e. The average molecular weight is 296 g/mol. The van der Waals surface area contributed by atoms with Gasteiger partial charge in [-0.25, -0.2) is 0 Å². The maximum Gasteiger partial charge on any atom is 0.177 e. The predicted molar refractivity (Wildman–Crippen MR) is 73.4 cm³/mol. The summed E-state index contributed by atoms with van der Waals surface area (Å²) in [4.78, 5) is 14.5. The molecular weight excluding hydrogens is 278 g/mol. The van der Waals surface area contributed by atoms with Gasteiger partial charge in [-0.1, -0.05) is 41.1 Å². The third kappa shape index (κ3) is 3.39. The fourth-order valence-corrected chi connectivity index (χ4v) is 2.58. The quantitative estimate of drug-likeness (QED) is 0.749. The SMILES string of the molecule is CCCN(CC(=O)c1ccccc1Br)C1CC1. The molecule has 2 rings (SSSR count). The number of nitrogens with zero attached hydrogens (tertiary/aromatic N) is 1. The van der Waals surface area contributed by atoms with Crippen molar-refractivity contribution in [1.29, 1.82) is 0 Å². The molecule has 0 saturated heterocycles. The van der Waals surface area contributed by atoms with E-state index >= 15 is 0 Å². The van der Waals surface area contributed by atoms with Gasteiger partial charge in [-0.3, -0.25) is 9.69 Å². The van der Waals surface area contributed by atoms with Gasteiger partial charge in [0.15, 0.2) is 5.78 Å². The molecule has 0 aliphatic heterocycles. The van der Waals surface area contributed by atoms with Crippen molar-refractivity contribution in [3.63, 3.8) is 0 Å². The first-order chi connectivity index (χ1) is 8.22. The zero-order valence-electron chi connectivity index (χ0n) is 10.2. The molecule has 0 heterocycles. The number of ketones is 1. The Bertz CT molecular complexity index is 401. The molecule has 92 valence electrons. The van der Waals surface area contributed by atoms with Crippen LogP contribution in [0.15, 0.2) is 28.7 Å². The van der Waals surface area contributed by atoms with Gasteiger partial charge >= 0.3 is 0 Å². The minimum absolute atomic E-state index is 0.220. The van der Waals surface area contributed by atoms with Crippen LogP contribution in [0.3, 0.4) is 0 Å². The van der Waals surface area contributed by atoms with Gasteiger partial charge in [0.1, 0.15) is 0 Å². The van der Waals surface area contributed by atoms with Crippen LogP contribution in [0.5, 0.6) is 0 Å². The third-order valence-corrected chi connectivity index (χ3v) is 3.79. The maximum absolute atomic E-state index is 12.2. The first-order valence-corrected chi connectivity index (χ1v) is 7.03. The summed E-state index contributed by atoms with van der Waals surface area (Å²) < 4.78 is 0.900. The standard InChI is InChI=1S/C14H18BrNO/c1-2-9-16(11-7-8-11)10-14(17)12-5-3-4-6-13(12)15/h3-6,11H,2,7-10H2,1H3. The summed E-state index contributed by atoms with van der Waals surface area (Å²) in [5, 5.41) is 0. The van der Waals surface area contributed by atoms with Gasteiger partial charge in [0.2, 0.25) is 0 Å². The molecule has 0 aromatic heterocycles. The van der Waals surface area contributed by atoms with E-state index in [0.717, 1.165) is 23.0 Å². The van der Waals surface area contributed by atoms with Crippen LogP contribution in [-0.4, -0.2) is 29.8 Å². The number of rotatable bonds is 6. The Labute approximate surface area is 111 Å². The maximum atomic E-state index is 12.2. The molecule has 0 N–H and O–H groups in total. The van der Waals surface area contributed by atoms with Crippen LogP contribution >= 0.6 is 15.9 Å². The lowest BCUT2D eigenvalue weighted by Gasteiger charge is -2.20. The molecule has 1 aliphatic carbocycles. The monoisotopic (exact) mass is 295 g/mol. The van der Waals surface area contributed by atoms with Crippen LogP contribution in [-0.2, 0) is 0 Å². The molecule has 0 unspecified atom stereocenters. The van der Waals surface area contributed by atoms with E-state index in [4.69, 9.17) is 0 Å². The van der Waals surface area contributed by atoms with E-state index in [1.807, 2.05) is 24.3 Å². The largest absolute Gasteiger partial charge is 0.293 e. The van der Waals surface area contributed by atoms with Crippen LogP contribution in [0.2, 0.25) is 0 Å². The second-order valence-corrected chi connectivity index (χ2v) is 5.46. The highest BCUT2D eigenvalue weighted by Crippen LogP contribution is 2.27. The highest BCUT2D eigenvalue weighted by atomic mass is 79.9. The zero-order chi connectivity index (χ0) is 12.3. The van der Waals surface area contributed by atoms with Crippen molar-refractivity contribution in [2.75, 3.05) is 13.1 Å². The first-order valence-electron chi connectivity index (χ1n) is 6.24. The Morgan fingerprint density at radius 3 is 2.71 bits per heavy atom. The Morgan fingerprint density at radius 1 is 1.41 bits per heavy atom. The van der Waals surface area contributed by atoms with Gasteiger partial charge in [-0.15, -0.1) is 0 Å². The fourth-order valence-electron chi connectivity index (χ4n) is 2.07. The van der Waals surface area contributed by atoms with E-state index < -0.39 is 0 Å². The topological polar surface area (TPSA) is 20.3 Å². The van der Waals surface area contributed by atoms with Crippen molar-refractivity contribution in [1.82, 2.24) is 4.90 Å². The molecule has 1 saturated carbocycles. The Morgan fingerprint density at radius 2 is 2.12 bits per heavy atom. The normalized spacial score (nSPS) is 15.2. The van der Waals surface area contributed by atoms with Crippen LogP contribution in [0.1, 0.15) is 36.5 Å². The fraction of sp³-hybridized carbons (Fsp3) is 0.500. The summed E-state index contributed by atoms with van der Waals surface area (Å²) in [7, 11) is 0. The summed E-state index contributed by atoms with van der Waals surface area (Å²) in [6.07, 6.45) is 3.62. The predicted octanol–water partition coefficient (Wildman–Crippen LogP) is 3.51. The van der Waals surface area contributed by atoms with E-state index in [1.165, 1.54) is 12.8 Å². The van der Waals surface area contributed by atoms with Crippen molar-refractivity contribution in [2.24, 2.45) is 0 Å². The Kier molecular flexibility index (Phi) is 4.35. The average Bonchev–Trinajstić information content (AvgIpc) is 3.12. The summed E-state index contributed by atoms with van der Waals surface area (Å²) in [6.45, 7) is 3.75. The molecule has 17 heavy (non-hydrogen) atoms. The first kappa shape index (κ1) is 12.8. The van der Waals surface area contributed by atoms with Gasteiger partial charge < -0.3 is 0 Å². The van der Waals surface area contributed by atoms with E-state index in [-0.39, 0.29) is 5.78 Å². The van der Waals surface area contributed by atoms with E-state index in [9.17, 15) is 4.79 Å². The molecule has 1 aromatic rings. The second-order valence-electron chi connectivity index (χ2n) is 4.60. The van der Waals surface area contributed by atoms with E-state index in [2.05, 4.69) is 27.8 Å². The molecule has 1 fully saturated rings. The van der Waals surface area contributed by atoms with Crippen LogP contribution in [0, 0.1) is 0 Å². The number of benzene rings is 1. The molecule has 0 spiro atoms. The highest BCUT2D eigenvalue weighted by molar-refractivity contribution is 9.10. The summed E-state index contributed by atoms with van der Waals surface area (Å²) in [5.74, 6) is 0.220. The summed E-state index contributed by atoms with van der Waals surface area (Å²) in [5.41, 5.74) is 0.800. The molecule has 3 heteroatoms. The molecule has 1 aliphatic rings. The van der Waals surface area contributed by atoms with Crippen LogP contribution in [0.25, 0.3) is 0 Å². The van der Waals surface area contributed by atoms with Gasteiger partial charge in [-0.2, -0.15) is 0 Å². The van der Waals surface area contributed by atoms with E-state index in [1.54, 1.807) is 0 Å². The van der Waals surface area contributed by atoms with Crippen molar-refractivity contribution in [2.45, 2.75) is 32.2 Å². The molecule has 0 bridgehead atoms. The van der Waals surface area contributed by atoms with Crippen LogP contribution in [0.4, 0.5) is 0 Å². The molecule has 0 amide bonds. The van der Waals surface area contributed by atoms with Gasteiger partial charge in [0.25, 0.3) is 0 Å². The van der Waals surface area contributed by atoms with Crippen molar-refractivity contribution in [3.8, 4) is 0 Å². The smallest absolute Gasteiger partial charge is 0.177 e. The summed E-state index contributed by atoms with van der Waals surface area (Å²) >= 11 is 3.44. The zero-order valence-corrected chi connectivity index (χ0v) is 11.7. The van der Waals surface area contributed by atoms with Crippen LogP contribution < -0.4 is 0 Å². The second kappa shape index (κ2) is 5.78. The van der Waals surface area contributed by atoms with Gasteiger partial charge in [0.05, 0.1) is 6.54 Å². The lowest BCUT2D eigenvalue weighted by atomic mass is 10.1. The van der Waals surface area contributed by atoms with E-state index in [0.29, 0.717) is 12.6 Å². The number of Topliss-reactive ketones (excluding diaryl/α,β-unsaturated/α-hetero) is 1. The molecular formula is C14H18BrNO. The molecule has 0 atom stereocenters. The third-order valence-electron chi connectivity index (χ3n) is 3.10. The number of hydrogen-bond acceptors (Lipinski definition) is 2. The Balaban J connectivity index is 2.02. The Hall–Kier alpha value is -0.670. The number of carbonyl (C=O) groups excluding carboxylic acids is 1. The van der Waals surface area contributed by atoms with Crippen molar-refractivity contribution < 1.29 is 4.79 Å². The molecule has 2 nitrogen and oxygen atoms in total. The number of carbonyl (C=O) groups is 1. The lowest BCUT2D eigenvalue weighted by Crippen LogP contribution is -2.32. The molecule has 0 radical (unpaired) electrons. The van der Waals surface area contributed by atoms with Crippen molar-refractivity contribution in [3.05, 3.63) is 34.3 Å². The molecule has 1 aromatic carbocycles. The highest BCUT2D eigenvalue weighted by Gasteiger charge is 2.29. The van der Waals surface area contributed by atoms with Crippen molar-refractivity contribution >= 4 is 21.7 Å². The minimum atomic E-state index is 0.220. The number of halogens is 1. The van der Waals surface area contributed by atoms with Gasteiger partial charge in [0, 0.05) is 16.1 Å². The summed E-state index contributed by atoms with van der Waals surface area (Å²) in [6, 6.07) is 8.32. The lowest BCUT2D eigenvalue weighted by molar-refractivity contribution is 0.0924. The number of hydrogen-bond donors (Lipinski definition) is 0. The van der Waals surface area contributed by atoms with Gasteiger partial charge in [-0.05, 0) is 31.9 Å².